The molecule has 2 aliphatic heterocycles. The molecule has 7 heteroatoms. The van der Waals surface area contributed by atoms with Crippen molar-refractivity contribution < 1.29 is 14.3 Å². The number of tetrazole rings is 1. The van der Waals surface area contributed by atoms with E-state index in [1.54, 1.807) is 4.68 Å². The van der Waals surface area contributed by atoms with Gasteiger partial charge in [0.2, 0.25) is 6.29 Å². The Bertz CT molecular complexity index is 699. The van der Waals surface area contributed by atoms with Crippen LogP contribution in [-0.2, 0) is 14.3 Å². The van der Waals surface area contributed by atoms with E-state index in [4.69, 9.17) is 9.47 Å². The van der Waals surface area contributed by atoms with Crippen molar-refractivity contribution in [3.05, 3.63) is 29.8 Å². The molecule has 2 aromatic rings. The Morgan fingerprint density at radius 1 is 1.33 bits per heavy atom. The number of hydrogen-bond acceptors (Lipinski definition) is 6. The number of hydrogen-bond donors (Lipinski definition) is 0. The second kappa shape index (κ2) is 4.71. The molecule has 1 aromatic heterocycles. The standard InChI is InChI=1S/C14H14N4O3/c1-8-4-2-3-5-9(8)13-15-16-17-18(13)10-6-11(19)14-20-7-12(10)21-14/h2-5,10,12,14H,6-7H2,1H3/t10-,12-,14-/m0/s1. The Morgan fingerprint density at radius 2 is 2.19 bits per heavy atom. The van der Waals surface area contributed by atoms with Crippen LogP contribution < -0.4 is 0 Å². The highest BCUT2D eigenvalue weighted by molar-refractivity contribution is 5.83. The highest BCUT2D eigenvalue weighted by Crippen LogP contribution is 2.34. The summed E-state index contributed by atoms with van der Waals surface area (Å²) in [5.41, 5.74) is 2.04. The van der Waals surface area contributed by atoms with E-state index in [1.807, 2.05) is 31.2 Å². The lowest BCUT2D eigenvalue weighted by atomic mass is 10.0. The molecule has 3 heterocycles. The van der Waals surface area contributed by atoms with Crippen molar-refractivity contribution in [2.24, 2.45) is 0 Å². The van der Waals surface area contributed by atoms with Gasteiger partial charge in [0, 0.05) is 12.0 Å². The van der Waals surface area contributed by atoms with E-state index < -0.39 is 6.29 Å². The molecule has 2 bridgehead atoms. The third-order valence-corrected chi connectivity index (χ3v) is 4.01. The van der Waals surface area contributed by atoms with Gasteiger partial charge in [-0.3, -0.25) is 4.79 Å². The molecule has 0 unspecified atom stereocenters. The molecular formula is C14H14N4O3. The number of ketones is 1. The summed E-state index contributed by atoms with van der Waals surface area (Å²) in [6.45, 7) is 2.40. The maximum atomic E-state index is 11.9. The fourth-order valence-corrected chi connectivity index (χ4v) is 2.89. The number of rotatable bonds is 2. The Morgan fingerprint density at radius 3 is 3.05 bits per heavy atom. The summed E-state index contributed by atoms with van der Waals surface area (Å²) < 4.78 is 12.6. The van der Waals surface area contributed by atoms with Crippen molar-refractivity contribution >= 4 is 5.78 Å². The number of nitrogens with zero attached hydrogens (tertiary/aromatic N) is 4. The molecule has 7 nitrogen and oxygen atoms in total. The molecule has 0 amide bonds. The van der Waals surface area contributed by atoms with E-state index in [2.05, 4.69) is 15.5 Å². The van der Waals surface area contributed by atoms with Gasteiger partial charge in [-0.15, -0.1) is 5.10 Å². The van der Waals surface area contributed by atoms with Gasteiger partial charge in [0.1, 0.15) is 6.10 Å². The molecule has 0 saturated carbocycles. The average Bonchev–Trinajstić information content (AvgIpc) is 3.12. The molecule has 3 atom stereocenters. The van der Waals surface area contributed by atoms with Gasteiger partial charge in [0.25, 0.3) is 0 Å². The van der Waals surface area contributed by atoms with E-state index >= 15 is 0 Å². The smallest absolute Gasteiger partial charge is 0.218 e. The van der Waals surface area contributed by atoms with E-state index in [0.717, 1.165) is 11.1 Å². The van der Waals surface area contributed by atoms with Crippen LogP contribution in [0.3, 0.4) is 0 Å². The maximum absolute atomic E-state index is 11.9. The van der Waals surface area contributed by atoms with Gasteiger partial charge in [-0.25, -0.2) is 4.68 Å². The first-order valence-corrected chi connectivity index (χ1v) is 6.87. The van der Waals surface area contributed by atoms with Crippen LogP contribution in [0, 0.1) is 6.92 Å². The second-order valence-corrected chi connectivity index (χ2v) is 5.34. The highest BCUT2D eigenvalue weighted by atomic mass is 16.7. The third-order valence-electron chi connectivity index (χ3n) is 4.01. The zero-order valence-corrected chi connectivity index (χ0v) is 11.5. The summed E-state index contributed by atoms with van der Waals surface area (Å²) in [6, 6.07) is 7.66. The molecule has 108 valence electrons. The number of benzene rings is 1. The number of carbonyl (C=O) groups is 1. The third kappa shape index (κ3) is 1.97. The van der Waals surface area contributed by atoms with Gasteiger partial charge in [0.15, 0.2) is 11.6 Å². The van der Waals surface area contributed by atoms with Crippen molar-refractivity contribution in [1.82, 2.24) is 20.2 Å². The summed E-state index contributed by atoms with van der Waals surface area (Å²) in [6.07, 6.45) is -0.553. The van der Waals surface area contributed by atoms with Gasteiger partial charge in [-0.05, 0) is 22.9 Å². The lowest BCUT2D eigenvalue weighted by molar-refractivity contribution is -0.156. The first-order chi connectivity index (χ1) is 10.2. The van der Waals surface area contributed by atoms with Crippen molar-refractivity contribution in [2.75, 3.05) is 6.61 Å². The predicted molar refractivity (Wildman–Crippen MR) is 71.3 cm³/mol. The molecule has 0 spiro atoms. The molecule has 4 rings (SSSR count). The van der Waals surface area contributed by atoms with E-state index in [9.17, 15) is 4.79 Å². The number of Topliss-reactive ketones (excluding diaryl/α,β-unsaturated/α-hetero) is 1. The summed E-state index contributed by atoms with van der Waals surface area (Å²) >= 11 is 0. The fraction of sp³-hybridized carbons (Fsp3) is 0.429. The first-order valence-electron chi connectivity index (χ1n) is 6.87. The minimum atomic E-state index is -0.704. The largest absolute Gasteiger partial charge is 0.343 e. The zero-order valence-electron chi connectivity index (χ0n) is 11.5. The van der Waals surface area contributed by atoms with Crippen LogP contribution in [0.4, 0.5) is 0 Å². The average molecular weight is 286 g/mol. The normalized spacial score (nSPS) is 28.0. The van der Waals surface area contributed by atoms with Crippen LogP contribution >= 0.6 is 0 Å². The SMILES string of the molecule is Cc1ccccc1-c1nnnn1[C@H]1CC(=O)[C@H]2OC[C@@H]1O2. The predicted octanol–water partition coefficient (Wildman–Crippen LogP) is 0.904. The topological polar surface area (TPSA) is 79.1 Å². The number of carbonyl (C=O) groups excluding carboxylic acids is 1. The summed E-state index contributed by atoms with van der Waals surface area (Å²) in [5.74, 6) is 0.597. The van der Waals surface area contributed by atoms with Gasteiger partial charge in [-0.2, -0.15) is 0 Å². The lowest BCUT2D eigenvalue weighted by Crippen LogP contribution is -2.37. The molecule has 2 fully saturated rings. The number of fused-ring (bicyclic) bond motifs is 2. The van der Waals surface area contributed by atoms with E-state index in [0.29, 0.717) is 18.9 Å². The molecule has 0 aliphatic carbocycles. The molecule has 0 radical (unpaired) electrons. The Balaban J connectivity index is 1.76. The highest BCUT2D eigenvalue weighted by Gasteiger charge is 2.45. The molecular weight excluding hydrogens is 272 g/mol. The fourth-order valence-electron chi connectivity index (χ4n) is 2.89. The summed E-state index contributed by atoms with van der Waals surface area (Å²) in [5, 5.41) is 12.0. The Kier molecular flexibility index (Phi) is 2.83. The quantitative estimate of drug-likeness (QED) is 0.816. The zero-order chi connectivity index (χ0) is 14.4. The monoisotopic (exact) mass is 286 g/mol. The van der Waals surface area contributed by atoms with Crippen molar-refractivity contribution in [1.29, 1.82) is 0 Å². The Hall–Kier alpha value is -2.12. The second-order valence-electron chi connectivity index (χ2n) is 5.34. The van der Waals surface area contributed by atoms with Gasteiger partial charge < -0.3 is 9.47 Å². The lowest BCUT2D eigenvalue weighted by Gasteiger charge is -2.26. The van der Waals surface area contributed by atoms with Crippen molar-refractivity contribution in [2.45, 2.75) is 31.8 Å². The van der Waals surface area contributed by atoms with Gasteiger partial charge in [-0.1, -0.05) is 24.3 Å². The van der Waals surface area contributed by atoms with Gasteiger partial charge >= 0.3 is 0 Å². The number of aryl methyl sites for hydroxylation is 1. The number of ether oxygens (including phenoxy) is 2. The molecule has 1 aromatic carbocycles. The number of aromatic nitrogens is 4. The minimum Gasteiger partial charge on any atom is -0.343 e. The maximum Gasteiger partial charge on any atom is 0.218 e. The van der Waals surface area contributed by atoms with Crippen molar-refractivity contribution in [3.8, 4) is 11.4 Å². The van der Waals surface area contributed by atoms with Crippen LogP contribution in [0.1, 0.15) is 18.0 Å². The first kappa shape index (κ1) is 12.6. The van der Waals surface area contributed by atoms with E-state index in [1.165, 1.54) is 0 Å². The van der Waals surface area contributed by atoms with Crippen molar-refractivity contribution in [3.63, 3.8) is 0 Å². The van der Waals surface area contributed by atoms with Crippen LogP contribution in [0.25, 0.3) is 11.4 Å². The molecule has 21 heavy (non-hydrogen) atoms. The Labute approximate surface area is 120 Å². The van der Waals surface area contributed by atoms with Crippen LogP contribution in [0.15, 0.2) is 24.3 Å². The van der Waals surface area contributed by atoms with E-state index in [-0.39, 0.29) is 17.9 Å². The van der Waals surface area contributed by atoms with Crippen LogP contribution in [0.2, 0.25) is 0 Å². The molecule has 2 aliphatic rings. The summed E-state index contributed by atoms with van der Waals surface area (Å²) in [4.78, 5) is 11.9. The van der Waals surface area contributed by atoms with Crippen LogP contribution in [0.5, 0.6) is 0 Å². The van der Waals surface area contributed by atoms with Crippen LogP contribution in [-0.4, -0.2) is 45.0 Å². The minimum absolute atomic E-state index is 0.0556. The van der Waals surface area contributed by atoms with Gasteiger partial charge in [0.05, 0.1) is 12.6 Å². The molecule has 0 N–H and O–H groups in total. The molecule has 2 saturated heterocycles. The summed E-state index contributed by atoms with van der Waals surface area (Å²) in [7, 11) is 0.